The van der Waals surface area contributed by atoms with E-state index in [9.17, 15) is 46.6 Å². The predicted molar refractivity (Wildman–Crippen MR) is 162 cm³/mol. The Morgan fingerprint density at radius 1 is 1.02 bits per heavy atom. The molecule has 0 radical (unpaired) electrons. The summed E-state index contributed by atoms with van der Waals surface area (Å²) in [7, 11) is 0. The lowest BCUT2D eigenvalue weighted by molar-refractivity contribution is -0.140. The van der Waals surface area contributed by atoms with Crippen LogP contribution in [0.15, 0.2) is 53.4 Å². The highest BCUT2D eigenvalue weighted by Crippen LogP contribution is 2.39. The second-order valence-corrected chi connectivity index (χ2v) is 11.7. The van der Waals surface area contributed by atoms with Gasteiger partial charge in [0.25, 0.3) is 0 Å². The van der Waals surface area contributed by atoms with E-state index in [1.165, 1.54) is 16.7 Å². The van der Waals surface area contributed by atoms with Gasteiger partial charge >= 0.3 is 12.1 Å². The molecule has 2 aliphatic heterocycles. The number of rotatable bonds is 11. The van der Waals surface area contributed by atoms with Gasteiger partial charge in [-0.25, -0.2) is 13.6 Å². The summed E-state index contributed by atoms with van der Waals surface area (Å²) >= 11 is 1.50. The molecule has 3 N–H and O–H groups in total. The number of carbonyl (C=O) groups is 5. The third-order valence-corrected chi connectivity index (χ3v) is 8.53. The van der Waals surface area contributed by atoms with Crippen LogP contribution in [0.2, 0.25) is 0 Å². The standard InChI is InChI=1S/C32H27F4N3O8S/c1-48-18-8-6-17(7-9-18)47-32(45)38-21-10-5-15-3-2-4-16-11-23(39(28(15)16)31(21)44)30(43)37-22(13-25(41)42)24(40)14-46-29-26(35)19(33)12-20(34)27(29)36/h2-4,6-9,12,21-23H,5,10-11,13-14H2,1H3,(H,37,43)(H,38,45)(H,41,42). The molecule has 48 heavy (non-hydrogen) atoms. The van der Waals surface area contributed by atoms with E-state index < -0.39 is 89.8 Å². The number of carbonyl (C=O) groups excluding carboxylic acids is 4. The van der Waals surface area contributed by atoms with Crippen LogP contribution in [0, 0.1) is 23.3 Å². The molecule has 5 rings (SSSR count). The zero-order chi connectivity index (χ0) is 34.7. The molecular weight excluding hydrogens is 662 g/mol. The van der Waals surface area contributed by atoms with Gasteiger partial charge in [-0.15, -0.1) is 11.8 Å². The highest BCUT2D eigenvalue weighted by Gasteiger charge is 2.45. The summed E-state index contributed by atoms with van der Waals surface area (Å²) in [4.78, 5) is 66.9. The molecule has 16 heteroatoms. The SMILES string of the molecule is CSc1ccc(OC(=O)NC2CCc3cccc4c3N(C2=O)C(C(=O)NC(CC(=O)O)C(=O)COc2c(F)c(F)cc(F)c2F)C4)cc1. The van der Waals surface area contributed by atoms with Crippen molar-refractivity contribution < 1.29 is 56.1 Å². The lowest BCUT2D eigenvalue weighted by Crippen LogP contribution is -2.57. The first-order chi connectivity index (χ1) is 22.9. The van der Waals surface area contributed by atoms with E-state index in [2.05, 4.69) is 15.4 Å². The predicted octanol–water partition coefficient (Wildman–Crippen LogP) is 3.93. The Morgan fingerprint density at radius 2 is 1.69 bits per heavy atom. The Balaban J connectivity index is 1.33. The average Bonchev–Trinajstić information content (AvgIpc) is 3.39. The van der Waals surface area contributed by atoms with Crippen molar-refractivity contribution in [3.63, 3.8) is 0 Å². The number of hydrogen-bond donors (Lipinski definition) is 3. The van der Waals surface area contributed by atoms with Crippen LogP contribution in [0.1, 0.15) is 24.0 Å². The van der Waals surface area contributed by atoms with Crippen LogP contribution in [-0.4, -0.2) is 65.8 Å². The molecule has 3 aromatic rings. The smallest absolute Gasteiger partial charge is 0.413 e. The van der Waals surface area contributed by atoms with Crippen LogP contribution >= 0.6 is 11.8 Å². The van der Waals surface area contributed by atoms with Gasteiger partial charge in [0.2, 0.25) is 23.4 Å². The number of para-hydroxylation sites is 1. The first-order valence-corrected chi connectivity index (χ1v) is 15.7. The van der Waals surface area contributed by atoms with Crippen molar-refractivity contribution in [1.82, 2.24) is 10.6 Å². The number of halogens is 4. The van der Waals surface area contributed by atoms with Gasteiger partial charge in [-0.05, 0) is 54.5 Å². The highest BCUT2D eigenvalue weighted by atomic mass is 32.2. The highest BCUT2D eigenvalue weighted by molar-refractivity contribution is 7.98. The van der Waals surface area contributed by atoms with Gasteiger partial charge in [0.15, 0.2) is 23.2 Å². The number of nitrogens with zero attached hydrogens (tertiary/aromatic N) is 1. The summed E-state index contributed by atoms with van der Waals surface area (Å²) in [6.45, 7) is -1.26. The minimum atomic E-state index is -1.92. The number of aliphatic carboxylic acids is 1. The molecule has 252 valence electrons. The molecule has 3 unspecified atom stereocenters. The zero-order valence-electron chi connectivity index (χ0n) is 25.1. The maximum Gasteiger partial charge on any atom is 0.413 e. The van der Waals surface area contributed by atoms with Crippen LogP contribution in [0.3, 0.4) is 0 Å². The first kappa shape index (κ1) is 34.2. The summed E-state index contributed by atoms with van der Waals surface area (Å²) in [5, 5.41) is 14.2. The molecule has 3 atom stereocenters. The van der Waals surface area contributed by atoms with E-state index in [1.807, 2.05) is 6.26 Å². The molecular formula is C32H27F4N3O8S. The summed E-state index contributed by atoms with van der Waals surface area (Å²) in [6.07, 6.45) is 0.461. The van der Waals surface area contributed by atoms with Gasteiger partial charge in [-0.3, -0.25) is 24.1 Å². The molecule has 0 saturated carbocycles. The Morgan fingerprint density at radius 3 is 2.33 bits per heavy atom. The van der Waals surface area contributed by atoms with Crippen LogP contribution in [-0.2, 0) is 32.0 Å². The molecule has 0 spiro atoms. The maximum absolute atomic E-state index is 14.0. The van der Waals surface area contributed by atoms with Crippen LogP contribution in [0.4, 0.5) is 28.0 Å². The largest absolute Gasteiger partial charge is 0.481 e. The number of carboxylic acids is 1. The van der Waals surface area contributed by atoms with Crippen molar-refractivity contribution in [2.45, 2.75) is 48.7 Å². The number of amides is 3. The maximum atomic E-state index is 14.0. The second-order valence-electron chi connectivity index (χ2n) is 10.9. The minimum absolute atomic E-state index is 0.0246. The van der Waals surface area contributed by atoms with Crippen LogP contribution < -0.4 is 25.0 Å². The molecule has 3 aromatic carbocycles. The van der Waals surface area contributed by atoms with E-state index in [4.69, 9.17) is 4.74 Å². The average molecular weight is 690 g/mol. The van der Waals surface area contributed by atoms with Crippen LogP contribution in [0.25, 0.3) is 0 Å². The van der Waals surface area contributed by atoms with Gasteiger partial charge in [0.05, 0.1) is 12.1 Å². The van der Waals surface area contributed by atoms with Gasteiger partial charge in [-0.1, -0.05) is 18.2 Å². The number of aryl methyl sites for hydroxylation is 1. The Kier molecular flexibility index (Phi) is 10.2. The van der Waals surface area contributed by atoms with Crippen molar-refractivity contribution in [3.05, 3.63) is 82.9 Å². The number of thioether (sulfide) groups is 1. The molecule has 2 heterocycles. The zero-order valence-corrected chi connectivity index (χ0v) is 25.9. The molecule has 0 saturated heterocycles. The Hall–Kier alpha value is -5.12. The summed E-state index contributed by atoms with van der Waals surface area (Å²) in [5.74, 6) is -13.1. The molecule has 3 amide bonds. The number of benzene rings is 3. The quantitative estimate of drug-likeness (QED) is 0.155. The summed E-state index contributed by atoms with van der Waals surface area (Å²) < 4.78 is 65.2. The number of ether oxygens (including phenoxy) is 2. The lowest BCUT2D eigenvalue weighted by Gasteiger charge is -2.28. The van der Waals surface area contributed by atoms with E-state index >= 15 is 0 Å². The van der Waals surface area contributed by atoms with E-state index in [1.54, 1.807) is 42.5 Å². The lowest BCUT2D eigenvalue weighted by atomic mass is 10.0. The van der Waals surface area contributed by atoms with E-state index in [0.29, 0.717) is 23.2 Å². The topological polar surface area (TPSA) is 151 Å². The van der Waals surface area contributed by atoms with Gasteiger partial charge in [0, 0.05) is 17.4 Å². The molecule has 0 aliphatic carbocycles. The fraction of sp³-hybridized carbons (Fsp3) is 0.281. The number of Topliss-reactive ketones (excluding diaryl/α,β-unsaturated/α-hetero) is 1. The normalized spacial score (nSPS) is 17.2. The Bertz CT molecular complexity index is 1770. The van der Waals surface area contributed by atoms with E-state index in [0.717, 1.165) is 4.90 Å². The third kappa shape index (κ3) is 7.22. The minimum Gasteiger partial charge on any atom is -0.481 e. The number of nitrogens with one attached hydrogen (secondary N) is 2. The van der Waals surface area contributed by atoms with Gasteiger partial charge in [0.1, 0.15) is 30.5 Å². The summed E-state index contributed by atoms with van der Waals surface area (Å²) in [6, 6.07) is 7.57. The van der Waals surface area contributed by atoms with Crippen molar-refractivity contribution in [1.29, 1.82) is 0 Å². The molecule has 2 aliphatic rings. The van der Waals surface area contributed by atoms with Crippen molar-refractivity contribution in [2.24, 2.45) is 0 Å². The molecule has 0 bridgehead atoms. The molecule has 0 aromatic heterocycles. The number of ketones is 1. The number of carboxylic acid groups (broad SMARTS) is 1. The van der Waals surface area contributed by atoms with Gasteiger partial charge in [-0.2, -0.15) is 8.78 Å². The van der Waals surface area contributed by atoms with Crippen molar-refractivity contribution >= 4 is 47.1 Å². The molecule has 0 fully saturated rings. The van der Waals surface area contributed by atoms with Crippen molar-refractivity contribution in [3.8, 4) is 11.5 Å². The van der Waals surface area contributed by atoms with Crippen molar-refractivity contribution in [2.75, 3.05) is 17.8 Å². The second kappa shape index (κ2) is 14.3. The van der Waals surface area contributed by atoms with E-state index in [-0.39, 0.29) is 24.7 Å². The fourth-order valence-corrected chi connectivity index (χ4v) is 5.92. The fourth-order valence-electron chi connectivity index (χ4n) is 5.51. The Labute approximate surface area is 274 Å². The number of anilines is 1. The first-order valence-electron chi connectivity index (χ1n) is 14.4. The van der Waals surface area contributed by atoms with Crippen LogP contribution in [0.5, 0.6) is 11.5 Å². The monoisotopic (exact) mass is 689 g/mol. The van der Waals surface area contributed by atoms with Gasteiger partial charge < -0.3 is 25.2 Å². The summed E-state index contributed by atoms with van der Waals surface area (Å²) in [5.41, 5.74) is 1.76. The third-order valence-electron chi connectivity index (χ3n) is 7.79. The molecule has 11 nitrogen and oxygen atoms in total. The number of hydrogen-bond acceptors (Lipinski definition) is 8.